The highest BCUT2D eigenvalue weighted by atomic mass is 16.5. The monoisotopic (exact) mass is 392 g/mol. The summed E-state index contributed by atoms with van der Waals surface area (Å²) in [6.07, 6.45) is 22.9. The highest BCUT2D eigenvalue weighted by Crippen LogP contribution is 2.27. The van der Waals surface area contributed by atoms with Gasteiger partial charge in [-0.3, -0.25) is 0 Å². The van der Waals surface area contributed by atoms with Crippen molar-refractivity contribution in [2.45, 2.75) is 130 Å². The molecule has 28 heavy (non-hydrogen) atoms. The second kappa shape index (κ2) is 19.3. The molecular weight excluding hydrogens is 344 g/mol. The van der Waals surface area contributed by atoms with Crippen molar-refractivity contribution < 1.29 is 9.53 Å². The van der Waals surface area contributed by atoms with E-state index in [9.17, 15) is 4.79 Å². The molecule has 0 aliphatic carbocycles. The van der Waals surface area contributed by atoms with E-state index in [1.807, 2.05) is 0 Å². The second-order valence-electron chi connectivity index (χ2n) is 8.35. The van der Waals surface area contributed by atoms with Crippen molar-refractivity contribution >= 4 is 5.97 Å². The minimum atomic E-state index is -0.208. The van der Waals surface area contributed by atoms with E-state index in [1.165, 1.54) is 70.6 Å². The summed E-state index contributed by atoms with van der Waals surface area (Å²) in [5.41, 5.74) is 0.518. The molecular formula is C26H48O2. The van der Waals surface area contributed by atoms with E-state index in [-0.39, 0.29) is 12.1 Å². The second-order valence-corrected chi connectivity index (χ2v) is 8.35. The van der Waals surface area contributed by atoms with Crippen LogP contribution in [0.4, 0.5) is 0 Å². The molecule has 0 amide bonds. The highest BCUT2D eigenvalue weighted by molar-refractivity contribution is 5.87. The van der Waals surface area contributed by atoms with Gasteiger partial charge in [0.15, 0.2) is 0 Å². The van der Waals surface area contributed by atoms with Gasteiger partial charge in [-0.15, -0.1) is 0 Å². The largest absolute Gasteiger partial charge is 0.459 e. The fraction of sp³-hybridized carbons (Fsp3) is 0.808. The molecule has 0 aromatic rings. The number of esters is 1. The Morgan fingerprint density at radius 3 is 2.07 bits per heavy atom. The Morgan fingerprint density at radius 2 is 1.46 bits per heavy atom. The number of carbonyl (C=O) groups excluding carboxylic acids is 1. The van der Waals surface area contributed by atoms with Crippen LogP contribution in [-0.4, -0.2) is 12.1 Å². The maximum Gasteiger partial charge on any atom is 0.333 e. The molecule has 0 bridgehead atoms. The molecule has 0 heterocycles. The Balaban J connectivity index is 4.54. The van der Waals surface area contributed by atoms with Crippen LogP contribution >= 0.6 is 0 Å². The van der Waals surface area contributed by atoms with Gasteiger partial charge in [0.25, 0.3) is 0 Å². The van der Waals surface area contributed by atoms with Gasteiger partial charge in [0.2, 0.25) is 0 Å². The Morgan fingerprint density at radius 1 is 0.821 bits per heavy atom. The van der Waals surface area contributed by atoms with Crippen LogP contribution in [0.5, 0.6) is 0 Å². The van der Waals surface area contributed by atoms with Crippen molar-refractivity contribution in [3.8, 4) is 0 Å². The third-order valence-corrected chi connectivity index (χ3v) is 5.48. The fourth-order valence-electron chi connectivity index (χ4n) is 3.77. The zero-order chi connectivity index (χ0) is 21.0. The van der Waals surface area contributed by atoms with E-state index in [0.717, 1.165) is 25.7 Å². The molecule has 0 aromatic heterocycles. The van der Waals surface area contributed by atoms with Gasteiger partial charge >= 0.3 is 5.97 Å². The Kier molecular flexibility index (Phi) is 18.6. The lowest BCUT2D eigenvalue weighted by Gasteiger charge is -2.27. The first-order valence-corrected chi connectivity index (χ1v) is 12.1. The molecule has 2 nitrogen and oxygen atoms in total. The fourth-order valence-corrected chi connectivity index (χ4v) is 3.77. The topological polar surface area (TPSA) is 26.3 Å². The smallest absolute Gasteiger partial charge is 0.333 e. The number of hydrogen-bond acceptors (Lipinski definition) is 2. The van der Waals surface area contributed by atoms with Crippen molar-refractivity contribution in [1.29, 1.82) is 0 Å². The van der Waals surface area contributed by atoms with Gasteiger partial charge in [0.05, 0.1) is 0 Å². The zero-order valence-electron chi connectivity index (χ0n) is 19.4. The maximum absolute atomic E-state index is 12.2. The van der Waals surface area contributed by atoms with E-state index in [4.69, 9.17) is 4.74 Å². The van der Waals surface area contributed by atoms with Crippen LogP contribution in [0.2, 0.25) is 0 Å². The molecule has 0 aliphatic rings. The van der Waals surface area contributed by atoms with Crippen molar-refractivity contribution in [3.05, 3.63) is 24.3 Å². The normalized spacial score (nSPS) is 13.6. The summed E-state index contributed by atoms with van der Waals surface area (Å²) in [5.74, 6) is 0.281. The van der Waals surface area contributed by atoms with Gasteiger partial charge in [-0.1, -0.05) is 90.9 Å². The van der Waals surface area contributed by atoms with E-state index in [0.29, 0.717) is 11.5 Å². The predicted molar refractivity (Wildman–Crippen MR) is 124 cm³/mol. The molecule has 0 fully saturated rings. The van der Waals surface area contributed by atoms with E-state index in [2.05, 4.69) is 39.5 Å². The zero-order valence-corrected chi connectivity index (χ0v) is 19.4. The highest BCUT2D eigenvalue weighted by Gasteiger charge is 2.24. The number of rotatable bonds is 19. The van der Waals surface area contributed by atoms with Gasteiger partial charge < -0.3 is 4.74 Å². The minimum absolute atomic E-state index is 0.0611. The summed E-state index contributed by atoms with van der Waals surface area (Å²) in [6.45, 7) is 12.2. The number of allylic oxidation sites excluding steroid dienone is 2. The van der Waals surface area contributed by atoms with Gasteiger partial charge in [-0.05, 0) is 57.8 Å². The van der Waals surface area contributed by atoms with Crippen LogP contribution in [0.1, 0.15) is 124 Å². The molecule has 0 rings (SSSR count). The van der Waals surface area contributed by atoms with E-state index >= 15 is 0 Å². The van der Waals surface area contributed by atoms with E-state index < -0.39 is 0 Å². The summed E-state index contributed by atoms with van der Waals surface area (Å²) in [7, 11) is 0. The Labute approximate surface area is 176 Å². The van der Waals surface area contributed by atoms with Gasteiger partial charge in [0, 0.05) is 5.57 Å². The predicted octanol–water partition coefficient (Wildman–Crippen LogP) is 8.56. The minimum Gasteiger partial charge on any atom is -0.459 e. The summed E-state index contributed by atoms with van der Waals surface area (Å²) < 4.78 is 5.91. The summed E-state index contributed by atoms with van der Waals surface area (Å²) in [4.78, 5) is 12.2. The van der Waals surface area contributed by atoms with Crippen LogP contribution in [0.15, 0.2) is 24.3 Å². The van der Waals surface area contributed by atoms with Crippen LogP contribution in [0, 0.1) is 5.92 Å². The lowest BCUT2D eigenvalue weighted by molar-refractivity contribution is -0.147. The number of carbonyl (C=O) groups is 1. The van der Waals surface area contributed by atoms with Gasteiger partial charge in [-0.25, -0.2) is 4.79 Å². The van der Waals surface area contributed by atoms with Crippen molar-refractivity contribution in [2.24, 2.45) is 5.92 Å². The standard InChI is InChI=1S/C26H48O2/c1-6-9-11-13-15-17-19-22-25(28-26(27)23(4)5)24(20-8-3)21-18-16-14-12-10-7-2/h10,12,24-25H,4,6-9,11,13-22H2,1-3,5H3. The van der Waals surface area contributed by atoms with Crippen LogP contribution in [0.3, 0.4) is 0 Å². The molecule has 0 aliphatic heterocycles. The lowest BCUT2D eigenvalue weighted by atomic mass is 9.88. The quantitative estimate of drug-likeness (QED) is 0.0952. The van der Waals surface area contributed by atoms with Crippen molar-refractivity contribution in [2.75, 3.05) is 0 Å². The number of unbranched alkanes of at least 4 members (excludes halogenated alkanes) is 8. The van der Waals surface area contributed by atoms with Gasteiger partial charge in [-0.2, -0.15) is 0 Å². The Hall–Kier alpha value is -1.05. The Bertz CT molecular complexity index is 411. The molecule has 2 atom stereocenters. The molecule has 0 radical (unpaired) electrons. The average Bonchev–Trinajstić information content (AvgIpc) is 2.68. The third kappa shape index (κ3) is 14.9. The molecule has 2 unspecified atom stereocenters. The maximum atomic E-state index is 12.2. The molecule has 0 aromatic carbocycles. The molecule has 0 N–H and O–H groups in total. The summed E-state index contributed by atoms with van der Waals surface area (Å²) in [5, 5.41) is 0. The van der Waals surface area contributed by atoms with Crippen LogP contribution < -0.4 is 0 Å². The molecule has 0 saturated heterocycles. The van der Waals surface area contributed by atoms with E-state index in [1.54, 1.807) is 6.92 Å². The lowest BCUT2D eigenvalue weighted by Crippen LogP contribution is -2.27. The first kappa shape index (κ1) is 27.0. The average molecular weight is 393 g/mol. The molecule has 0 saturated carbocycles. The van der Waals surface area contributed by atoms with Crippen molar-refractivity contribution in [1.82, 2.24) is 0 Å². The SMILES string of the molecule is C=C(C)C(=O)OC(CCCCCCCCC)C(CCC)CCCCC=CCC. The van der Waals surface area contributed by atoms with Crippen LogP contribution in [0.25, 0.3) is 0 Å². The summed E-state index contributed by atoms with van der Waals surface area (Å²) in [6, 6.07) is 0. The third-order valence-electron chi connectivity index (χ3n) is 5.48. The van der Waals surface area contributed by atoms with Crippen molar-refractivity contribution in [3.63, 3.8) is 0 Å². The first-order valence-electron chi connectivity index (χ1n) is 12.1. The van der Waals surface area contributed by atoms with Gasteiger partial charge in [0.1, 0.15) is 6.10 Å². The molecule has 0 spiro atoms. The summed E-state index contributed by atoms with van der Waals surface area (Å²) >= 11 is 0. The number of hydrogen-bond donors (Lipinski definition) is 0. The first-order chi connectivity index (χ1) is 13.6. The molecule has 164 valence electrons. The van der Waals surface area contributed by atoms with Crippen LogP contribution in [-0.2, 0) is 9.53 Å². The number of ether oxygens (including phenoxy) is 1. The molecule has 2 heteroatoms.